The first-order valence-corrected chi connectivity index (χ1v) is 30.8. The number of allylic oxidation sites excluding steroid dienone is 13. The van der Waals surface area contributed by atoms with E-state index in [0.717, 1.165) is 89.9 Å². The van der Waals surface area contributed by atoms with Gasteiger partial charge in [0.1, 0.15) is 73.2 Å². The monoisotopic (exact) mass is 1170 g/mol. The van der Waals surface area contributed by atoms with E-state index in [9.17, 15) is 61.0 Å². The highest BCUT2D eigenvalue weighted by molar-refractivity contribution is 5.76. The minimum Gasteiger partial charge on any atom is -0.394 e. The predicted molar refractivity (Wildman–Crippen MR) is 314 cm³/mol. The molecule has 3 heterocycles. The van der Waals surface area contributed by atoms with E-state index in [1.807, 2.05) is 6.08 Å². The van der Waals surface area contributed by atoms with Gasteiger partial charge in [-0.05, 0) is 83.5 Å². The van der Waals surface area contributed by atoms with Crippen molar-refractivity contribution >= 4 is 5.91 Å². The molecule has 0 aromatic rings. The van der Waals surface area contributed by atoms with Crippen LogP contribution in [0.3, 0.4) is 0 Å². The van der Waals surface area contributed by atoms with Crippen molar-refractivity contribution in [1.82, 2.24) is 5.32 Å². The molecular weight excluding hydrogens is 1060 g/mol. The van der Waals surface area contributed by atoms with Crippen molar-refractivity contribution in [3.63, 3.8) is 0 Å². The van der Waals surface area contributed by atoms with E-state index in [4.69, 9.17) is 28.4 Å². The molecule has 1 amide bonds. The summed E-state index contributed by atoms with van der Waals surface area (Å²) in [5.41, 5.74) is 0. The Kier molecular flexibility index (Phi) is 40.5. The lowest BCUT2D eigenvalue weighted by Gasteiger charge is -2.48. The number of unbranched alkanes of at least 4 members (excludes halogenated alkanes) is 16. The van der Waals surface area contributed by atoms with Gasteiger partial charge in [-0.1, -0.05) is 170 Å². The summed E-state index contributed by atoms with van der Waals surface area (Å²) in [5, 5.41) is 120. The molecule has 3 aliphatic rings. The maximum absolute atomic E-state index is 13.3. The number of nitrogens with one attached hydrogen (secondary N) is 1. The molecule has 472 valence electrons. The summed E-state index contributed by atoms with van der Waals surface area (Å²) in [6, 6.07) is -1.01. The van der Waals surface area contributed by atoms with Crippen molar-refractivity contribution in [3.8, 4) is 0 Å². The average molecular weight is 1170 g/mol. The molecule has 3 saturated heterocycles. The highest BCUT2D eigenvalue weighted by Crippen LogP contribution is 2.33. The highest BCUT2D eigenvalue weighted by atomic mass is 16.8. The van der Waals surface area contributed by atoms with E-state index in [1.54, 1.807) is 6.08 Å². The van der Waals surface area contributed by atoms with Gasteiger partial charge in [-0.3, -0.25) is 4.79 Å². The number of rotatable bonds is 44. The number of carbonyl (C=O) groups is 1. The van der Waals surface area contributed by atoms with Crippen molar-refractivity contribution < 1.29 is 89.4 Å². The van der Waals surface area contributed by atoms with E-state index >= 15 is 0 Å². The zero-order valence-electron chi connectivity index (χ0n) is 49.2. The Bertz CT molecular complexity index is 1820. The van der Waals surface area contributed by atoms with Crippen LogP contribution in [0.4, 0.5) is 0 Å². The number of aliphatic hydroxyl groups excluding tert-OH is 11. The molecule has 0 aliphatic carbocycles. The van der Waals surface area contributed by atoms with Crippen LogP contribution in [0.25, 0.3) is 0 Å². The smallest absolute Gasteiger partial charge is 0.220 e. The Balaban J connectivity index is 1.52. The first-order valence-electron chi connectivity index (χ1n) is 30.8. The topological polar surface area (TPSA) is 307 Å². The summed E-state index contributed by atoms with van der Waals surface area (Å²) < 4.78 is 34.2. The lowest BCUT2D eigenvalue weighted by atomic mass is 9.96. The van der Waals surface area contributed by atoms with Gasteiger partial charge in [0.15, 0.2) is 18.9 Å². The predicted octanol–water partition coefficient (Wildman–Crippen LogP) is 5.98. The molecule has 82 heavy (non-hydrogen) atoms. The summed E-state index contributed by atoms with van der Waals surface area (Å²) >= 11 is 0. The van der Waals surface area contributed by atoms with Crippen molar-refractivity contribution in [2.75, 3.05) is 26.4 Å². The minimum absolute atomic E-state index is 0.211. The molecule has 17 atom stereocenters. The largest absolute Gasteiger partial charge is 0.394 e. The van der Waals surface area contributed by atoms with Gasteiger partial charge in [0.2, 0.25) is 5.91 Å². The maximum atomic E-state index is 13.3. The second kappa shape index (κ2) is 45.3. The third-order valence-corrected chi connectivity index (χ3v) is 14.9. The number of carbonyl (C=O) groups excluding carboxylic acids is 1. The fourth-order valence-corrected chi connectivity index (χ4v) is 9.86. The quantitative estimate of drug-likeness (QED) is 0.0247. The van der Waals surface area contributed by atoms with Crippen LogP contribution in [0.2, 0.25) is 0 Å². The molecular formula is C63H107NO18. The summed E-state index contributed by atoms with van der Waals surface area (Å²) in [6.07, 6.45) is 28.4. The molecule has 3 aliphatic heterocycles. The summed E-state index contributed by atoms with van der Waals surface area (Å²) in [5.74, 6) is -0.308. The Morgan fingerprint density at radius 1 is 0.451 bits per heavy atom. The van der Waals surface area contributed by atoms with Crippen molar-refractivity contribution in [2.45, 2.75) is 279 Å². The number of hydrogen-bond donors (Lipinski definition) is 12. The molecule has 19 heteroatoms. The highest BCUT2D eigenvalue weighted by Gasteiger charge is 2.53. The van der Waals surface area contributed by atoms with Crippen LogP contribution in [-0.2, 0) is 33.2 Å². The molecule has 0 saturated carbocycles. The summed E-state index contributed by atoms with van der Waals surface area (Å²) in [6.45, 7) is 1.55. The van der Waals surface area contributed by atoms with Gasteiger partial charge < -0.3 is 89.9 Å². The number of ether oxygens (including phenoxy) is 6. The third kappa shape index (κ3) is 28.4. The lowest BCUT2D eigenvalue weighted by Crippen LogP contribution is -2.66. The van der Waals surface area contributed by atoms with Gasteiger partial charge in [0.25, 0.3) is 0 Å². The summed E-state index contributed by atoms with van der Waals surface area (Å²) in [7, 11) is 0. The van der Waals surface area contributed by atoms with Crippen LogP contribution in [0.1, 0.15) is 174 Å². The van der Waals surface area contributed by atoms with Gasteiger partial charge in [0.05, 0.1) is 38.6 Å². The third-order valence-electron chi connectivity index (χ3n) is 14.9. The van der Waals surface area contributed by atoms with Crippen LogP contribution in [-0.4, -0.2) is 193 Å². The van der Waals surface area contributed by atoms with E-state index in [0.29, 0.717) is 12.8 Å². The molecule has 12 N–H and O–H groups in total. The Hall–Kier alpha value is -3.03. The van der Waals surface area contributed by atoms with Crippen molar-refractivity contribution in [2.24, 2.45) is 0 Å². The van der Waals surface area contributed by atoms with Crippen LogP contribution in [0.5, 0.6) is 0 Å². The zero-order valence-corrected chi connectivity index (χ0v) is 49.2. The van der Waals surface area contributed by atoms with Crippen molar-refractivity contribution in [1.29, 1.82) is 0 Å². The normalized spacial score (nSPS) is 30.2. The van der Waals surface area contributed by atoms with Crippen molar-refractivity contribution in [3.05, 3.63) is 85.1 Å². The van der Waals surface area contributed by atoms with Crippen LogP contribution in [0.15, 0.2) is 85.1 Å². The fraction of sp³-hybridized carbons (Fsp3) is 0.762. The van der Waals surface area contributed by atoms with Gasteiger partial charge in [-0.2, -0.15) is 0 Å². The zero-order chi connectivity index (χ0) is 59.7. The Labute approximate surface area is 489 Å². The molecule has 19 nitrogen and oxygen atoms in total. The first-order chi connectivity index (χ1) is 39.8. The van der Waals surface area contributed by atoms with Gasteiger partial charge >= 0.3 is 0 Å². The van der Waals surface area contributed by atoms with Gasteiger partial charge in [-0.15, -0.1) is 0 Å². The Morgan fingerprint density at radius 2 is 0.854 bits per heavy atom. The number of aliphatic hydroxyl groups is 11. The molecule has 0 aromatic carbocycles. The van der Waals surface area contributed by atoms with Crippen LogP contribution >= 0.6 is 0 Å². The van der Waals surface area contributed by atoms with Gasteiger partial charge in [0, 0.05) is 6.42 Å². The van der Waals surface area contributed by atoms with Gasteiger partial charge in [-0.25, -0.2) is 0 Å². The van der Waals surface area contributed by atoms with Crippen LogP contribution < -0.4 is 5.32 Å². The molecule has 17 unspecified atom stereocenters. The van der Waals surface area contributed by atoms with E-state index in [-0.39, 0.29) is 18.9 Å². The number of amides is 1. The second-order valence-electron chi connectivity index (χ2n) is 21.8. The summed E-state index contributed by atoms with van der Waals surface area (Å²) in [4.78, 5) is 13.3. The van der Waals surface area contributed by atoms with E-state index < -0.39 is 124 Å². The standard InChI is InChI=1S/C63H107NO18/c1-3-5-7-9-11-13-15-17-19-21-23-25-27-29-31-33-35-37-39-41-51(69)64-46(47(68)40-38-36-34-32-30-28-26-24-22-20-18-16-14-12-10-8-6-4-2)45-77-61-57(75)54(72)59(49(43-66)79-61)82-63-58(76)55(73)60(50(44-67)80-63)81-62-56(74)53(71)52(70)48(42-65)78-62/h5,7,11,13,17,19,22-25,30,32,38,40,46-50,52-63,65-68,70-76H,3-4,6,8-10,12,14-16,18,20-21,26-29,31,33-37,39,41-45H2,1-2H3,(H,64,69)/b7-5-,13-11-,19-17-,24-22+,25-23-,32-30+,40-38+. The SMILES string of the molecule is CC/C=C\C/C=C\C/C=C\C/C=C\CCCCCCCCC(=O)NC(COC1OC(CO)C(OC2OC(CO)C(OC3OC(CO)C(O)C(O)C3O)C(O)C2O)C(O)C1O)C(O)/C=C/CC/C=C/CC/C=C/CCCCCCCCCC. The average Bonchev–Trinajstić information content (AvgIpc) is 3.39. The van der Waals surface area contributed by atoms with Crippen LogP contribution in [0, 0.1) is 0 Å². The van der Waals surface area contributed by atoms with E-state index in [1.165, 1.54) is 51.4 Å². The Morgan fingerprint density at radius 3 is 1.37 bits per heavy atom. The second-order valence-corrected chi connectivity index (χ2v) is 21.8. The molecule has 3 fully saturated rings. The molecule has 3 rings (SSSR count). The molecule has 0 aromatic heterocycles. The number of hydrogen-bond acceptors (Lipinski definition) is 18. The molecule has 0 spiro atoms. The van der Waals surface area contributed by atoms with E-state index in [2.05, 4.69) is 92.1 Å². The minimum atomic E-state index is -1.99. The molecule has 0 bridgehead atoms. The molecule has 0 radical (unpaired) electrons. The lowest BCUT2D eigenvalue weighted by molar-refractivity contribution is -0.379. The maximum Gasteiger partial charge on any atom is 0.220 e. The first kappa shape index (κ1) is 73.2. The fourth-order valence-electron chi connectivity index (χ4n) is 9.86.